The van der Waals surface area contributed by atoms with Crippen LogP contribution in [0.1, 0.15) is 376 Å². The van der Waals surface area contributed by atoms with E-state index >= 15 is 0 Å². The van der Waals surface area contributed by atoms with Gasteiger partial charge in [-0.3, -0.25) is 37.3 Å². The molecule has 0 saturated heterocycles. The molecule has 0 saturated carbocycles. The second kappa shape index (κ2) is 64.4. The Hall–Kier alpha value is -1.94. The summed E-state index contributed by atoms with van der Waals surface area (Å²) in [5, 5.41) is 10.6. The number of phosphoric ester groups is 2. The largest absolute Gasteiger partial charge is 0.472 e. The van der Waals surface area contributed by atoms with Crippen molar-refractivity contribution >= 4 is 39.5 Å². The smallest absolute Gasteiger partial charge is 0.462 e. The molecule has 0 spiro atoms. The SMILES string of the molecule is CCC(C)CCCCCCCCCCCCC(=O)O[C@H](COC(=O)CCCCCCCCCCCCCCCCCCCCC(C)C)COP(=O)(O)OC[C@@H](O)COP(=O)(O)OC[C@@H](COC(=O)CCCCCCCCC(C)C)OC(=O)CCCCCCCCC(C)CC. The average molecular weight is 1380 g/mol. The van der Waals surface area contributed by atoms with Crippen LogP contribution in [-0.4, -0.2) is 96.7 Å². The highest BCUT2D eigenvalue weighted by atomic mass is 31.2. The summed E-state index contributed by atoms with van der Waals surface area (Å²) in [4.78, 5) is 72.7. The number of aliphatic hydroxyl groups is 1. The van der Waals surface area contributed by atoms with Crippen LogP contribution in [0.15, 0.2) is 0 Å². The Morgan fingerprint density at radius 2 is 0.511 bits per heavy atom. The van der Waals surface area contributed by atoms with E-state index in [1.165, 1.54) is 173 Å². The number of unbranched alkanes of at least 4 members (excludes halogenated alkanes) is 36. The van der Waals surface area contributed by atoms with Crippen molar-refractivity contribution in [2.45, 2.75) is 395 Å². The summed E-state index contributed by atoms with van der Waals surface area (Å²) in [5.41, 5.74) is 0. The maximum atomic E-state index is 13.1. The van der Waals surface area contributed by atoms with E-state index < -0.39 is 97.5 Å². The fourth-order valence-corrected chi connectivity index (χ4v) is 12.9. The van der Waals surface area contributed by atoms with Crippen LogP contribution in [-0.2, 0) is 65.4 Å². The first-order valence-electron chi connectivity index (χ1n) is 38.8. The van der Waals surface area contributed by atoms with Gasteiger partial charge in [-0.05, 0) is 49.4 Å². The lowest BCUT2D eigenvalue weighted by Crippen LogP contribution is -2.30. The number of aliphatic hydroxyl groups excluding tert-OH is 1. The summed E-state index contributed by atoms with van der Waals surface area (Å²) >= 11 is 0. The molecule has 0 aromatic heterocycles. The zero-order valence-electron chi connectivity index (χ0n) is 61.6. The molecule has 4 unspecified atom stereocenters. The lowest BCUT2D eigenvalue weighted by Gasteiger charge is -2.21. The fraction of sp³-hybridized carbons (Fsp3) is 0.947. The molecular weight excluding hydrogens is 1230 g/mol. The van der Waals surface area contributed by atoms with E-state index in [1.807, 2.05) is 0 Å². The second-order valence-corrected chi connectivity index (χ2v) is 31.4. The van der Waals surface area contributed by atoms with Crippen LogP contribution in [0.5, 0.6) is 0 Å². The molecule has 17 nitrogen and oxygen atoms in total. The highest BCUT2D eigenvalue weighted by Gasteiger charge is 2.30. The minimum absolute atomic E-state index is 0.102. The van der Waals surface area contributed by atoms with Crippen molar-refractivity contribution in [3.05, 3.63) is 0 Å². The maximum absolute atomic E-state index is 13.1. The van der Waals surface area contributed by atoms with Crippen LogP contribution in [0.4, 0.5) is 0 Å². The standard InChI is InChI=1S/C75H146O17P2/c1-9-67(7)53-45-37-28-24-21-22-26-30-41-49-57-74(79)91-70(61-85-72(77)55-47-39-29-25-20-18-16-14-12-11-13-15-17-19-23-27-35-43-51-65(3)4)63-89-93(81,82)87-59-69(76)60-88-94(83,84)90-64-71(62-86-73(78)56-48-40-33-31-36-44-52-66(5)6)92-75(80)58-50-42-34-32-38-46-54-68(8)10-2/h65-71,76H,9-64H2,1-8H3,(H,81,82)(H,83,84)/t67?,68?,69-,70-,71-/m1/s1. The zero-order valence-corrected chi connectivity index (χ0v) is 63.4. The first-order chi connectivity index (χ1) is 45.2. The minimum atomic E-state index is -4.96. The fourth-order valence-electron chi connectivity index (χ4n) is 11.3. The summed E-state index contributed by atoms with van der Waals surface area (Å²) in [6.07, 6.45) is 48.9. The van der Waals surface area contributed by atoms with Gasteiger partial charge in [0, 0.05) is 25.7 Å². The third kappa shape index (κ3) is 66.0. The van der Waals surface area contributed by atoms with Crippen LogP contribution < -0.4 is 0 Å². The molecule has 7 atom stereocenters. The zero-order chi connectivity index (χ0) is 69.6. The van der Waals surface area contributed by atoms with Gasteiger partial charge in [0.2, 0.25) is 0 Å². The van der Waals surface area contributed by atoms with Crippen molar-refractivity contribution < 1.29 is 80.2 Å². The molecule has 0 bridgehead atoms. The van der Waals surface area contributed by atoms with Gasteiger partial charge in [0.15, 0.2) is 12.2 Å². The summed E-state index contributed by atoms with van der Waals surface area (Å²) < 4.78 is 68.4. The van der Waals surface area contributed by atoms with Gasteiger partial charge < -0.3 is 33.8 Å². The summed E-state index contributed by atoms with van der Waals surface area (Å²) in [6.45, 7) is 14.1. The first kappa shape index (κ1) is 92.1. The number of rotatable bonds is 72. The van der Waals surface area contributed by atoms with Gasteiger partial charge in [0.05, 0.1) is 26.4 Å². The van der Waals surface area contributed by atoms with Crippen molar-refractivity contribution in [2.24, 2.45) is 23.7 Å². The Morgan fingerprint density at radius 1 is 0.298 bits per heavy atom. The molecule has 0 rings (SSSR count). The predicted molar refractivity (Wildman–Crippen MR) is 381 cm³/mol. The Bertz CT molecular complexity index is 1850. The van der Waals surface area contributed by atoms with Crippen LogP contribution in [0, 0.1) is 23.7 Å². The number of esters is 4. The highest BCUT2D eigenvalue weighted by Crippen LogP contribution is 2.45. The normalized spacial score (nSPS) is 14.7. The second-order valence-electron chi connectivity index (χ2n) is 28.5. The van der Waals surface area contributed by atoms with Gasteiger partial charge in [-0.15, -0.1) is 0 Å². The van der Waals surface area contributed by atoms with E-state index in [0.29, 0.717) is 31.6 Å². The molecular formula is C75H146O17P2. The van der Waals surface area contributed by atoms with Gasteiger partial charge >= 0.3 is 39.5 Å². The number of hydrogen-bond acceptors (Lipinski definition) is 15. The summed E-state index contributed by atoms with van der Waals surface area (Å²) in [6, 6.07) is 0. The Morgan fingerprint density at radius 3 is 0.755 bits per heavy atom. The van der Waals surface area contributed by atoms with Crippen LogP contribution >= 0.6 is 15.6 Å². The van der Waals surface area contributed by atoms with Crippen molar-refractivity contribution in [1.29, 1.82) is 0 Å². The van der Waals surface area contributed by atoms with Crippen LogP contribution in [0.25, 0.3) is 0 Å². The molecule has 558 valence electrons. The molecule has 0 heterocycles. The maximum Gasteiger partial charge on any atom is 0.472 e. The topological polar surface area (TPSA) is 237 Å². The predicted octanol–water partition coefficient (Wildman–Crippen LogP) is 21.7. The van der Waals surface area contributed by atoms with Crippen LogP contribution in [0.3, 0.4) is 0 Å². The number of hydrogen-bond donors (Lipinski definition) is 3. The minimum Gasteiger partial charge on any atom is -0.462 e. The lowest BCUT2D eigenvalue weighted by molar-refractivity contribution is -0.161. The molecule has 0 radical (unpaired) electrons. The highest BCUT2D eigenvalue weighted by molar-refractivity contribution is 7.47. The lowest BCUT2D eigenvalue weighted by atomic mass is 9.99. The van der Waals surface area contributed by atoms with E-state index in [1.54, 1.807) is 0 Å². The average Bonchev–Trinajstić information content (AvgIpc) is 1.32. The van der Waals surface area contributed by atoms with Gasteiger partial charge in [0.25, 0.3) is 0 Å². The number of carbonyl (C=O) groups is 4. The van der Waals surface area contributed by atoms with Gasteiger partial charge in [-0.25, -0.2) is 9.13 Å². The third-order valence-corrected chi connectivity index (χ3v) is 19.9. The number of ether oxygens (including phenoxy) is 4. The van der Waals surface area contributed by atoms with E-state index in [0.717, 1.165) is 114 Å². The quantitative estimate of drug-likeness (QED) is 0.0222. The van der Waals surface area contributed by atoms with Crippen molar-refractivity contribution in [3.8, 4) is 0 Å². The molecule has 0 amide bonds. The van der Waals surface area contributed by atoms with Crippen molar-refractivity contribution in [1.82, 2.24) is 0 Å². The third-order valence-electron chi connectivity index (χ3n) is 18.0. The molecule has 3 N–H and O–H groups in total. The molecule has 0 fully saturated rings. The molecule has 0 aromatic carbocycles. The van der Waals surface area contributed by atoms with E-state index in [4.69, 9.17) is 37.0 Å². The van der Waals surface area contributed by atoms with E-state index in [2.05, 4.69) is 55.4 Å². The van der Waals surface area contributed by atoms with Gasteiger partial charge in [-0.2, -0.15) is 0 Å². The van der Waals surface area contributed by atoms with Crippen molar-refractivity contribution in [3.63, 3.8) is 0 Å². The Kier molecular flexibility index (Phi) is 63.1. The van der Waals surface area contributed by atoms with Gasteiger partial charge in [0.1, 0.15) is 19.3 Å². The number of carbonyl (C=O) groups excluding carboxylic acids is 4. The van der Waals surface area contributed by atoms with E-state index in [-0.39, 0.29) is 25.7 Å². The van der Waals surface area contributed by atoms with Gasteiger partial charge in [-0.1, -0.05) is 325 Å². The number of phosphoric acid groups is 2. The molecule has 0 aliphatic heterocycles. The van der Waals surface area contributed by atoms with Crippen molar-refractivity contribution in [2.75, 3.05) is 39.6 Å². The monoisotopic (exact) mass is 1380 g/mol. The summed E-state index contributed by atoms with van der Waals surface area (Å²) in [5.74, 6) is 0.897. The molecule has 0 aliphatic carbocycles. The molecule has 94 heavy (non-hydrogen) atoms. The molecule has 0 aliphatic rings. The molecule has 19 heteroatoms. The molecule has 0 aromatic rings. The Labute approximate surface area is 575 Å². The van der Waals surface area contributed by atoms with Crippen LogP contribution in [0.2, 0.25) is 0 Å². The summed E-state index contributed by atoms with van der Waals surface area (Å²) in [7, 11) is -9.91. The van der Waals surface area contributed by atoms with E-state index in [9.17, 15) is 43.2 Å². The first-order valence-corrected chi connectivity index (χ1v) is 41.8. The Balaban J connectivity index is 5.18.